The predicted molar refractivity (Wildman–Crippen MR) is 111 cm³/mol. The molecule has 2 unspecified atom stereocenters. The standard InChI is InChI=1S/C19H27Cl2FN2O2S/c1-5-10-26-18-13(11-14(20)15(21)16(18)22)17(12-6-8-23-9-7-12)24-27(25)19(2,3)4/h5,11-12,17,23-24H,1,6-10H2,2-4H3. The molecule has 2 N–H and O–H groups in total. The second kappa shape index (κ2) is 9.81. The molecule has 0 amide bonds. The second-order valence-electron chi connectivity index (χ2n) is 7.57. The molecule has 152 valence electrons. The van der Waals surface area contributed by atoms with Crippen molar-refractivity contribution in [3.63, 3.8) is 0 Å². The smallest absolute Gasteiger partial charge is 0.185 e. The normalized spacial score (nSPS) is 18.2. The van der Waals surface area contributed by atoms with E-state index in [4.69, 9.17) is 27.9 Å². The van der Waals surface area contributed by atoms with Crippen molar-refractivity contribution in [2.24, 2.45) is 5.92 Å². The van der Waals surface area contributed by atoms with Crippen LogP contribution in [-0.2, 0) is 11.4 Å². The van der Waals surface area contributed by atoms with Crippen molar-refractivity contribution in [3.05, 3.63) is 40.1 Å². The molecule has 2 rings (SSSR count). The minimum absolute atomic E-state index is 0.0336. The summed E-state index contributed by atoms with van der Waals surface area (Å²) in [5.74, 6) is -0.519. The summed E-state index contributed by atoms with van der Waals surface area (Å²) in [6, 6.07) is 1.24. The Labute approximate surface area is 174 Å². The van der Waals surface area contributed by atoms with Gasteiger partial charge >= 0.3 is 0 Å². The highest BCUT2D eigenvalue weighted by Gasteiger charge is 2.37. The van der Waals surface area contributed by atoms with Gasteiger partial charge in [0, 0.05) is 16.9 Å². The van der Waals surface area contributed by atoms with Crippen molar-refractivity contribution < 1.29 is 13.7 Å². The molecule has 1 aliphatic heterocycles. The van der Waals surface area contributed by atoms with Crippen LogP contribution in [0.15, 0.2) is 18.7 Å². The van der Waals surface area contributed by atoms with Crippen LogP contribution in [-0.4, -0.2) is 29.0 Å². The van der Waals surface area contributed by atoms with Gasteiger partial charge in [-0.1, -0.05) is 35.9 Å². The molecular weight excluding hydrogens is 410 g/mol. The van der Waals surface area contributed by atoms with Crippen LogP contribution in [0.4, 0.5) is 4.39 Å². The van der Waals surface area contributed by atoms with Crippen LogP contribution >= 0.6 is 23.2 Å². The first-order valence-corrected chi connectivity index (χ1v) is 10.9. The van der Waals surface area contributed by atoms with E-state index in [0.717, 1.165) is 25.9 Å². The van der Waals surface area contributed by atoms with Gasteiger partial charge in [-0.3, -0.25) is 0 Å². The molecule has 1 aromatic carbocycles. The summed E-state index contributed by atoms with van der Waals surface area (Å²) in [6.45, 7) is 11.1. The van der Waals surface area contributed by atoms with Gasteiger partial charge in [-0.05, 0) is 58.7 Å². The number of rotatable bonds is 7. The number of hydrogen-bond donors (Lipinski definition) is 2. The number of nitrogens with one attached hydrogen (secondary N) is 2. The first-order valence-electron chi connectivity index (χ1n) is 8.96. The maximum atomic E-state index is 14.9. The zero-order chi connectivity index (χ0) is 20.2. The zero-order valence-corrected chi connectivity index (χ0v) is 18.2. The predicted octanol–water partition coefficient (Wildman–Crippen LogP) is 4.79. The van der Waals surface area contributed by atoms with Gasteiger partial charge in [0.25, 0.3) is 0 Å². The van der Waals surface area contributed by atoms with E-state index in [-0.39, 0.29) is 34.4 Å². The molecule has 0 spiro atoms. The molecule has 1 heterocycles. The van der Waals surface area contributed by atoms with E-state index < -0.39 is 21.9 Å². The third-order valence-electron chi connectivity index (χ3n) is 4.47. The van der Waals surface area contributed by atoms with E-state index in [0.29, 0.717) is 5.56 Å². The minimum atomic E-state index is -1.35. The van der Waals surface area contributed by atoms with Gasteiger partial charge in [0.2, 0.25) is 0 Å². The Kier molecular flexibility index (Phi) is 8.28. The third-order valence-corrected chi connectivity index (χ3v) is 6.82. The molecule has 1 saturated heterocycles. The SMILES string of the molecule is C=CCOc1c(C(N[S+]([O-])C(C)(C)C)C2CCNCC2)cc(Cl)c(Cl)c1F. The largest absolute Gasteiger partial charge is 0.598 e. The summed E-state index contributed by atoms with van der Waals surface area (Å²) in [4.78, 5) is 0. The zero-order valence-electron chi connectivity index (χ0n) is 15.9. The average Bonchev–Trinajstić information content (AvgIpc) is 2.63. The fourth-order valence-electron chi connectivity index (χ4n) is 3.00. The highest BCUT2D eigenvalue weighted by molar-refractivity contribution is 7.90. The summed E-state index contributed by atoms with van der Waals surface area (Å²) >= 11 is 10.8. The highest BCUT2D eigenvalue weighted by atomic mass is 35.5. The van der Waals surface area contributed by atoms with Crippen LogP contribution in [0.5, 0.6) is 5.75 Å². The topological polar surface area (TPSA) is 56.3 Å². The van der Waals surface area contributed by atoms with Gasteiger partial charge in [0.05, 0.1) is 16.1 Å². The first kappa shape index (κ1) is 22.8. The fourth-order valence-corrected chi connectivity index (χ4v) is 4.24. The van der Waals surface area contributed by atoms with Crippen molar-refractivity contribution in [1.82, 2.24) is 10.0 Å². The first-order chi connectivity index (χ1) is 12.7. The van der Waals surface area contributed by atoms with Crippen molar-refractivity contribution in [1.29, 1.82) is 0 Å². The van der Waals surface area contributed by atoms with Gasteiger partial charge in [0.15, 0.2) is 11.6 Å². The van der Waals surface area contributed by atoms with Crippen LogP contribution in [0.3, 0.4) is 0 Å². The van der Waals surface area contributed by atoms with Gasteiger partial charge in [-0.2, -0.15) is 0 Å². The maximum Gasteiger partial charge on any atom is 0.185 e. The Hall–Kier alpha value is -0.500. The van der Waals surface area contributed by atoms with Crippen molar-refractivity contribution in [3.8, 4) is 5.75 Å². The molecule has 0 saturated carbocycles. The number of hydrogen-bond acceptors (Lipinski definition) is 4. The molecule has 0 aliphatic carbocycles. The van der Waals surface area contributed by atoms with Crippen LogP contribution in [0.1, 0.15) is 45.2 Å². The van der Waals surface area contributed by atoms with Gasteiger partial charge < -0.3 is 14.6 Å². The molecule has 0 bridgehead atoms. The lowest BCUT2D eigenvalue weighted by Gasteiger charge is -2.35. The second-order valence-corrected chi connectivity index (χ2v) is 10.4. The highest BCUT2D eigenvalue weighted by Crippen LogP contribution is 2.42. The fraction of sp³-hybridized carbons (Fsp3) is 0.579. The molecule has 1 fully saturated rings. The average molecular weight is 437 g/mol. The quantitative estimate of drug-likeness (QED) is 0.366. The number of halogens is 3. The molecular formula is C19H27Cl2FN2O2S. The van der Waals surface area contributed by atoms with Crippen LogP contribution < -0.4 is 14.8 Å². The Bertz CT molecular complexity index is 664. The Morgan fingerprint density at radius 2 is 2.07 bits per heavy atom. The number of ether oxygens (including phenoxy) is 1. The molecule has 2 atom stereocenters. The van der Waals surface area contributed by atoms with E-state index in [1.54, 1.807) is 6.07 Å². The van der Waals surface area contributed by atoms with E-state index in [9.17, 15) is 8.94 Å². The molecule has 8 heteroatoms. The van der Waals surface area contributed by atoms with Crippen molar-refractivity contribution in [2.45, 2.75) is 44.4 Å². The number of benzene rings is 1. The van der Waals surface area contributed by atoms with E-state index in [1.165, 1.54) is 6.08 Å². The molecule has 0 aromatic heterocycles. The van der Waals surface area contributed by atoms with Crippen LogP contribution in [0.2, 0.25) is 10.0 Å². The Morgan fingerprint density at radius 1 is 1.44 bits per heavy atom. The summed E-state index contributed by atoms with van der Waals surface area (Å²) in [5.41, 5.74) is 0.535. The van der Waals surface area contributed by atoms with Gasteiger partial charge in [-0.25, -0.2) is 4.39 Å². The molecule has 1 aliphatic rings. The summed E-state index contributed by atoms with van der Waals surface area (Å²) in [5, 5.41) is 3.24. The van der Waals surface area contributed by atoms with Gasteiger partial charge in [0.1, 0.15) is 11.4 Å². The summed E-state index contributed by atoms with van der Waals surface area (Å²) < 4.78 is 36.0. The lowest BCUT2D eigenvalue weighted by atomic mass is 9.86. The monoisotopic (exact) mass is 436 g/mol. The van der Waals surface area contributed by atoms with Crippen LogP contribution in [0.25, 0.3) is 0 Å². The van der Waals surface area contributed by atoms with Crippen molar-refractivity contribution in [2.75, 3.05) is 19.7 Å². The van der Waals surface area contributed by atoms with E-state index in [2.05, 4.69) is 16.6 Å². The lowest BCUT2D eigenvalue weighted by molar-refractivity contribution is 0.287. The van der Waals surface area contributed by atoms with E-state index in [1.807, 2.05) is 20.8 Å². The lowest BCUT2D eigenvalue weighted by Crippen LogP contribution is -2.45. The molecule has 0 radical (unpaired) electrons. The summed E-state index contributed by atoms with van der Waals surface area (Å²) in [6.07, 6.45) is 3.26. The van der Waals surface area contributed by atoms with Crippen molar-refractivity contribution >= 4 is 34.6 Å². The molecule has 27 heavy (non-hydrogen) atoms. The number of piperidine rings is 1. The van der Waals surface area contributed by atoms with Gasteiger partial charge in [-0.15, -0.1) is 4.72 Å². The van der Waals surface area contributed by atoms with Crippen LogP contribution in [0, 0.1) is 11.7 Å². The third kappa shape index (κ3) is 5.75. The van der Waals surface area contributed by atoms with E-state index >= 15 is 0 Å². The Morgan fingerprint density at radius 3 is 2.63 bits per heavy atom. The maximum absolute atomic E-state index is 14.9. The molecule has 4 nitrogen and oxygen atoms in total. The minimum Gasteiger partial charge on any atom is -0.598 e. The summed E-state index contributed by atoms with van der Waals surface area (Å²) in [7, 11) is 0. The Balaban J connectivity index is 2.51. The molecule has 1 aromatic rings.